The number of benzene rings is 2. The molecule has 0 unspecified atom stereocenters. The van der Waals surface area contributed by atoms with Crippen LogP contribution >= 0.6 is 0 Å². The van der Waals surface area contributed by atoms with E-state index in [0.717, 1.165) is 17.5 Å². The molecule has 0 saturated carbocycles. The van der Waals surface area contributed by atoms with E-state index in [2.05, 4.69) is 10.6 Å². The van der Waals surface area contributed by atoms with Crippen molar-refractivity contribution in [1.82, 2.24) is 10.6 Å². The number of ether oxygens (including phenoxy) is 1. The number of hydrogen-bond donors (Lipinski definition) is 3. The van der Waals surface area contributed by atoms with Crippen molar-refractivity contribution >= 4 is 11.8 Å². The van der Waals surface area contributed by atoms with Crippen molar-refractivity contribution in [1.29, 1.82) is 0 Å². The molecule has 4 N–H and O–H groups in total. The minimum absolute atomic E-state index is 0.0370. The van der Waals surface area contributed by atoms with Gasteiger partial charge < -0.3 is 21.1 Å². The molecule has 2 amide bonds. The summed E-state index contributed by atoms with van der Waals surface area (Å²) in [6.45, 7) is 3.45. The molecule has 0 atom stereocenters. The Labute approximate surface area is 153 Å². The first kappa shape index (κ1) is 19.5. The molecule has 2 aromatic rings. The number of nitrogens with one attached hydrogen (secondary N) is 2. The van der Waals surface area contributed by atoms with Gasteiger partial charge in [0.2, 0.25) is 0 Å². The molecule has 0 aliphatic heterocycles. The summed E-state index contributed by atoms with van der Waals surface area (Å²) in [5, 5.41) is 5.59. The second-order valence-corrected chi connectivity index (χ2v) is 5.97. The Hall–Kier alpha value is -2.86. The fourth-order valence-electron chi connectivity index (χ4n) is 2.22. The smallest absolute Gasteiger partial charge is 0.258 e. The van der Waals surface area contributed by atoms with E-state index in [1.165, 1.54) is 0 Å². The van der Waals surface area contributed by atoms with Crippen LogP contribution in [0, 0.1) is 6.92 Å². The summed E-state index contributed by atoms with van der Waals surface area (Å²) < 4.78 is 5.43. The minimum atomic E-state index is -0.200. The van der Waals surface area contributed by atoms with E-state index in [0.29, 0.717) is 30.9 Å². The van der Waals surface area contributed by atoms with Crippen LogP contribution in [-0.4, -0.2) is 31.5 Å². The maximum atomic E-state index is 11.9. The van der Waals surface area contributed by atoms with Crippen LogP contribution in [0.25, 0.3) is 0 Å². The fourth-order valence-corrected chi connectivity index (χ4v) is 2.22. The van der Waals surface area contributed by atoms with Gasteiger partial charge in [-0.05, 0) is 49.7 Å². The quantitative estimate of drug-likeness (QED) is 0.598. The first-order valence-corrected chi connectivity index (χ1v) is 8.62. The van der Waals surface area contributed by atoms with Gasteiger partial charge in [0, 0.05) is 18.7 Å². The van der Waals surface area contributed by atoms with Gasteiger partial charge in [-0.2, -0.15) is 0 Å². The molecule has 0 saturated heterocycles. The molecule has 26 heavy (non-hydrogen) atoms. The highest BCUT2D eigenvalue weighted by Crippen LogP contribution is 2.11. The highest BCUT2D eigenvalue weighted by atomic mass is 16.5. The van der Waals surface area contributed by atoms with E-state index >= 15 is 0 Å². The Morgan fingerprint density at radius 3 is 2.35 bits per heavy atom. The Kier molecular flexibility index (Phi) is 7.64. The molecule has 0 spiro atoms. The van der Waals surface area contributed by atoms with Gasteiger partial charge in [-0.1, -0.05) is 29.8 Å². The molecule has 0 aliphatic carbocycles. The van der Waals surface area contributed by atoms with E-state index in [4.69, 9.17) is 10.5 Å². The van der Waals surface area contributed by atoms with Crippen LogP contribution in [0.1, 0.15) is 27.9 Å². The SMILES string of the molecule is Cc1ccc(OCC(=O)NCc2ccc(C(=O)NCCCN)cc2)cc1. The molecular formula is C20H25N3O3. The van der Waals surface area contributed by atoms with Crippen molar-refractivity contribution < 1.29 is 14.3 Å². The first-order chi connectivity index (χ1) is 12.6. The molecule has 2 rings (SSSR count). The molecule has 2 aromatic carbocycles. The lowest BCUT2D eigenvalue weighted by molar-refractivity contribution is -0.123. The summed E-state index contributed by atoms with van der Waals surface area (Å²) in [6, 6.07) is 14.6. The van der Waals surface area contributed by atoms with Crippen LogP contribution in [0.5, 0.6) is 5.75 Å². The van der Waals surface area contributed by atoms with Gasteiger partial charge in [0.05, 0.1) is 0 Å². The number of hydrogen-bond acceptors (Lipinski definition) is 4. The summed E-state index contributed by atoms with van der Waals surface area (Å²) in [4.78, 5) is 23.8. The van der Waals surface area contributed by atoms with Crippen LogP contribution < -0.4 is 21.1 Å². The molecule has 0 aromatic heterocycles. The van der Waals surface area contributed by atoms with Crippen LogP contribution in [-0.2, 0) is 11.3 Å². The average Bonchev–Trinajstić information content (AvgIpc) is 2.66. The summed E-state index contributed by atoms with van der Waals surface area (Å²) in [5.74, 6) is 0.338. The standard InChI is InChI=1S/C20H25N3O3/c1-15-3-9-18(10-4-15)26-14-19(24)23-13-16-5-7-17(8-6-16)20(25)22-12-2-11-21/h3-10H,2,11-14,21H2,1H3,(H,22,25)(H,23,24). The number of carbonyl (C=O) groups is 2. The second kappa shape index (κ2) is 10.2. The fraction of sp³-hybridized carbons (Fsp3) is 0.300. The largest absolute Gasteiger partial charge is 0.484 e. The molecule has 0 fully saturated rings. The lowest BCUT2D eigenvalue weighted by Crippen LogP contribution is -2.28. The third-order valence-electron chi connectivity index (χ3n) is 3.76. The number of aryl methyl sites for hydroxylation is 1. The van der Waals surface area contributed by atoms with E-state index in [9.17, 15) is 9.59 Å². The van der Waals surface area contributed by atoms with E-state index < -0.39 is 0 Å². The van der Waals surface area contributed by atoms with Crippen LogP contribution in [0.3, 0.4) is 0 Å². The maximum absolute atomic E-state index is 11.9. The van der Waals surface area contributed by atoms with Crippen LogP contribution in [0.15, 0.2) is 48.5 Å². The van der Waals surface area contributed by atoms with Crippen LogP contribution in [0.4, 0.5) is 0 Å². The van der Waals surface area contributed by atoms with Crippen molar-refractivity contribution in [3.63, 3.8) is 0 Å². The molecular weight excluding hydrogens is 330 g/mol. The zero-order valence-electron chi connectivity index (χ0n) is 15.0. The van der Waals surface area contributed by atoms with Crippen molar-refractivity contribution in [2.75, 3.05) is 19.7 Å². The number of rotatable bonds is 9. The highest BCUT2D eigenvalue weighted by Gasteiger charge is 2.06. The predicted octanol–water partition coefficient (Wildman–Crippen LogP) is 1.77. The van der Waals surface area contributed by atoms with Gasteiger partial charge in [0.25, 0.3) is 11.8 Å². The summed E-state index contributed by atoms with van der Waals surface area (Å²) in [6.07, 6.45) is 0.751. The lowest BCUT2D eigenvalue weighted by atomic mass is 10.1. The van der Waals surface area contributed by atoms with E-state index in [1.54, 1.807) is 12.1 Å². The van der Waals surface area contributed by atoms with Gasteiger partial charge >= 0.3 is 0 Å². The summed E-state index contributed by atoms with van der Waals surface area (Å²) >= 11 is 0. The minimum Gasteiger partial charge on any atom is -0.484 e. The molecule has 138 valence electrons. The third-order valence-corrected chi connectivity index (χ3v) is 3.76. The second-order valence-electron chi connectivity index (χ2n) is 5.97. The molecule has 6 heteroatoms. The monoisotopic (exact) mass is 355 g/mol. The zero-order valence-corrected chi connectivity index (χ0v) is 15.0. The molecule has 0 radical (unpaired) electrons. The first-order valence-electron chi connectivity index (χ1n) is 8.62. The van der Waals surface area contributed by atoms with Crippen molar-refractivity contribution in [2.45, 2.75) is 19.9 Å². The molecule has 0 heterocycles. The molecule has 0 bridgehead atoms. The zero-order chi connectivity index (χ0) is 18.8. The average molecular weight is 355 g/mol. The van der Waals surface area contributed by atoms with Gasteiger partial charge in [-0.15, -0.1) is 0 Å². The van der Waals surface area contributed by atoms with Crippen molar-refractivity contribution in [3.8, 4) is 5.75 Å². The van der Waals surface area contributed by atoms with E-state index in [1.807, 2.05) is 43.3 Å². The third kappa shape index (κ3) is 6.57. The Bertz CT molecular complexity index is 712. The van der Waals surface area contributed by atoms with Crippen LogP contribution in [0.2, 0.25) is 0 Å². The number of amides is 2. The lowest BCUT2D eigenvalue weighted by Gasteiger charge is -2.09. The van der Waals surface area contributed by atoms with Gasteiger partial charge in [-0.3, -0.25) is 9.59 Å². The predicted molar refractivity (Wildman–Crippen MR) is 101 cm³/mol. The molecule has 6 nitrogen and oxygen atoms in total. The van der Waals surface area contributed by atoms with Gasteiger partial charge in [0.15, 0.2) is 6.61 Å². The van der Waals surface area contributed by atoms with E-state index in [-0.39, 0.29) is 18.4 Å². The molecule has 0 aliphatic rings. The topological polar surface area (TPSA) is 93.4 Å². The summed E-state index contributed by atoms with van der Waals surface area (Å²) in [5.41, 5.74) is 8.03. The Morgan fingerprint density at radius 2 is 1.69 bits per heavy atom. The van der Waals surface area contributed by atoms with Gasteiger partial charge in [0.1, 0.15) is 5.75 Å². The van der Waals surface area contributed by atoms with Crippen molar-refractivity contribution in [3.05, 3.63) is 65.2 Å². The normalized spacial score (nSPS) is 10.2. The number of nitrogens with two attached hydrogens (primary N) is 1. The number of carbonyl (C=O) groups excluding carboxylic acids is 2. The summed E-state index contributed by atoms with van der Waals surface area (Å²) in [7, 11) is 0. The van der Waals surface area contributed by atoms with Gasteiger partial charge in [-0.25, -0.2) is 0 Å². The Morgan fingerprint density at radius 1 is 1.00 bits per heavy atom. The highest BCUT2D eigenvalue weighted by molar-refractivity contribution is 5.94. The van der Waals surface area contributed by atoms with Crippen molar-refractivity contribution in [2.24, 2.45) is 5.73 Å². The Balaban J connectivity index is 1.73. The maximum Gasteiger partial charge on any atom is 0.258 e.